The number of nitrogens with zero attached hydrogens (tertiary/aromatic N) is 4. The van der Waals surface area contributed by atoms with Crippen LogP contribution >= 0.6 is 0 Å². The quantitative estimate of drug-likeness (QED) is 0.407. The Morgan fingerprint density at radius 2 is 1.38 bits per heavy atom. The molecule has 1 N–H and O–H groups in total. The lowest BCUT2D eigenvalue weighted by Crippen LogP contribution is -2.52. The first-order chi connectivity index (χ1) is 18.0. The first-order valence-corrected chi connectivity index (χ1v) is 12.8. The first-order valence-electron chi connectivity index (χ1n) is 12.8. The van der Waals surface area contributed by atoms with E-state index in [0.29, 0.717) is 66.3 Å². The summed E-state index contributed by atoms with van der Waals surface area (Å²) in [7, 11) is 0. The highest BCUT2D eigenvalue weighted by molar-refractivity contribution is 6.05. The number of aromatic nitrogens is 1. The Kier molecular flexibility index (Phi) is 5.96. The van der Waals surface area contributed by atoms with Gasteiger partial charge in [0, 0.05) is 62.3 Å². The number of carboxylic acids is 1. The van der Waals surface area contributed by atoms with E-state index in [-0.39, 0.29) is 16.4 Å². The lowest BCUT2D eigenvalue weighted by molar-refractivity contribution is 0.0696. The summed E-state index contributed by atoms with van der Waals surface area (Å²) in [6.07, 6.45) is 2.09. The maximum atomic E-state index is 12.5. The Morgan fingerprint density at radius 1 is 0.784 bits per heavy atom. The molecule has 0 atom stereocenters. The van der Waals surface area contributed by atoms with Crippen molar-refractivity contribution in [3.8, 4) is 11.3 Å². The maximum Gasteiger partial charge on any atom is 0.336 e. The standard InChI is InChI=1S/C29H28N4O4/c34-27-25(32-12-6-7-13-32)26(28(27)35)33-16-14-31(15-17-33)18-21-23(29(36)37)20-10-4-5-11-22(20)30-24(21)19-8-2-1-3-9-19/h1-5,8-11H,6-7,12-18H2,(H,36,37). The molecular formula is C29H28N4O4. The molecule has 2 fully saturated rings. The zero-order valence-corrected chi connectivity index (χ0v) is 20.5. The second-order valence-electron chi connectivity index (χ2n) is 9.82. The van der Waals surface area contributed by atoms with Crippen molar-refractivity contribution in [2.24, 2.45) is 0 Å². The highest BCUT2D eigenvalue weighted by Crippen LogP contribution is 2.33. The summed E-state index contributed by atoms with van der Waals surface area (Å²) in [5, 5.41) is 10.9. The summed E-state index contributed by atoms with van der Waals surface area (Å²) < 4.78 is 0. The van der Waals surface area contributed by atoms with Gasteiger partial charge in [-0.2, -0.15) is 0 Å². The molecule has 1 aromatic heterocycles. The topological polar surface area (TPSA) is 94.0 Å². The zero-order chi connectivity index (χ0) is 25.5. The number of carbonyl (C=O) groups is 1. The van der Waals surface area contributed by atoms with Gasteiger partial charge < -0.3 is 14.9 Å². The van der Waals surface area contributed by atoms with Gasteiger partial charge in [-0.05, 0) is 18.9 Å². The van der Waals surface area contributed by atoms with E-state index in [1.165, 1.54) is 0 Å². The third kappa shape index (κ3) is 4.07. The largest absolute Gasteiger partial charge is 0.478 e. The van der Waals surface area contributed by atoms with Crippen molar-refractivity contribution < 1.29 is 9.90 Å². The second-order valence-corrected chi connectivity index (χ2v) is 9.82. The second kappa shape index (κ2) is 9.44. The van der Waals surface area contributed by atoms with Crippen LogP contribution in [-0.4, -0.2) is 60.2 Å². The Bertz CT molecular complexity index is 1540. The molecule has 3 heterocycles. The Labute approximate surface area is 214 Å². The van der Waals surface area contributed by atoms with Crippen molar-refractivity contribution in [3.05, 3.63) is 86.2 Å². The molecular weight excluding hydrogens is 468 g/mol. The van der Waals surface area contributed by atoms with Gasteiger partial charge in [0.25, 0.3) is 10.9 Å². The molecule has 2 aliphatic heterocycles. The predicted octanol–water partition coefficient (Wildman–Crippen LogP) is 3.12. The van der Waals surface area contributed by atoms with Gasteiger partial charge in [-0.1, -0.05) is 48.5 Å². The van der Waals surface area contributed by atoms with E-state index in [9.17, 15) is 19.5 Å². The molecule has 0 radical (unpaired) electrons. The summed E-state index contributed by atoms with van der Waals surface area (Å²) >= 11 is 0. The Morgan fingerprint density at radius 3 is 2.03 bits per heavy atom. The number of pyridine rings is 1. The molecule has 188 valence electrons. The molecule has 8 nitrogen and oxygen atoms in total. The van der Waals surface area contributed by atoms with Crippen molar-refractivity contribution in [2.75, 3.05) is 49.1 Å². The van der Waals surface area contributed by atoms with Gasteiger partial charge in [-0.15, -0.1) is 0 Å². The van der Waals surface area contributed by atoms with Gasteiger partial charge in [-0.3, -0.25) is 14.5 Å². The Hall–Kier alpha value is -4.04. The highest BCUT2D eigenvalue weighted by atomic mass is 16.4. The molecule has 6 rings (SSSR count). The van der Waals surface area contributed by atoms with Crippen LogP contribution < -0.4 is 20.7 Å². The third-order valence-corrected chi connectivity index (χ3v) is 7.61. The molecule has 0 aliphatic carbocycles. The highest BCUT2D eigenvalue weighted by Gasteiger charge is 2.33. The molecule has 0 bridgehead atoms. The van der Waals surface area contributed by atoms with E-state index in [2.05, 4.69) is 9.80 Å². The molecule has 2 saturated heterocycles. The summed E-state index contributed by atoms with van der Waals surface area (Å²) in [4.78, 5) is 48.6. The van der Waals surface area contributed by atoms with E-state index >= 15 is 0 Å². The fraction of sp³-hybridized carbons (Fsp3) is 0.310. The van der Waals surface area contributed by atoms with Gasteiger partial charge in [0.15, 0.2) is 0 Å². The zero-order valence-electron chi connectivity index (χ0n) is 20.5. The smallest absolute Gasteiger partial charge is 0.336 e. The molecule has 2 aliphatic rings. The van der Waals surface area contributed by atoms with Gasteiger partial charge in [0.05, 0.1) is 16.8 Å². The van der Waals surface area contributed by atoms with Crippen LogP contribution in [0.1, 0.15) is 28.8 Å². The van der Waals surface area contributed by atoms with Crippen LogP contribution in [0.3, 0.4) is 0 Å². The van der Waals surface area contributed by atoms with Crippen LogP contribution in [0.5, 0.6) is 0 Å². The van der Waals surface area contributed by atoms with Crippen LogP contribution in [0.4, 0.5) is 11.4 Å². The van der Waals surface area contributed by atoms with E-state index in [4.69, 9.17) is 4.98 Å². The summed E-state index contributed by atoms with van der Waals surface area (Å²) in [5.41, 5.74) is 3.60. The fourth-order valence-electron chi connectivity index (χ4n) is 5.73. The molecule has 0 spiro atoms. The minimum Gasteiger partial charge on any atom is -0.478 e. The number of fused-ring (bicyclic) bond motifs is 1. The number of hydrogen-bond donors (Lipinski definition) is 1. The number of carboxylic acid groups (broad SMARTS) is 1. The summed E-state index contributed by atoms with van der Waals surface area (Å²) in [5.74, 6) is -0.969. The minimum absolute atomic E-state index is 0.283. The molecule has 8 heteroatoms. The predicted molar refractivity (Wildman–Crippen MR) is 144 cm³/mol. The molecule has 37 heavy (non-hydrogen) atoms. The molecule has 0 unspecified atom stereocenters. The molecule has 0 amide bonds. The number of anilines is 2. The SMILES string of the molecule is O=C(O)c1c(CN2CCN(c3c(N4CCCC4)c(=O)c3=O)CC2)c(-c2ccccc2)nc2ccccc12. The average molecular weight is 497 g/mol. The summed E-state index contributed by atoms with van der Waals surface area (Å²) in [6.45, 7) is 4.60. The van der Waals surface area contributed by atoms with Crippen molar-refractivity contribution >= 4 is 28.2 Å². The van der Waals surface area contributed by atoms with Gasteiger partial charge in [0.1, 0.15) is 11.4 Å². The lowest BCUT2D eigenvalue weighted by atomic mass is 9.96. The van der Waals surface area contributed by atoms with Gasteiger partial charge in [0.2, 0.25) is 0 Å². The molecule has 4 aromatic rings. The normalized spacial score (nSPS) is 16.6. The van der Waals surface area contributed by atoms with Crippen LogP contribution in [-0.2, 0) is 6.54 Å². The number of para-hydroxylation sites is 1. The van der Waals surface area contributed by atoms with Crippen molar-refractivity contribution in [3.63, 3.8) is 0 Å². The monoisotopic (exact) mass is 496 g/mol. The van der Waals surface area contributed by atoms with Crippen molar-refractivity contribution in [1.29, 1.82) is 0 Å². The number of aromatic carboxylic acids is 1. The molecule has 3 aromatic carbocycles. The first kappa shape index (κ1) is 23.4. The van der Waals surface area contributed by atoms with Gasteiger partial charge >= 0.3 is 5.97 Å². The lowest BCUT2D eigenvalue weighted by Gasteiger charge is -2.38. The average Bonchev–Trinajstić information content (AvgIpc) is 3.45. The number of hydrogen-bond acceptors (Lipinski definition) is 7. The number of benzene rings is 2. The van der Waals surface area contributed by atoms with Gasteiger partial charge in [-0.25, -0.2) is 9.78 Å². The number of piperazine rings is 1. The fourth-order valence-corrected chi connectivity index (χ4v) is 5.73. The minimum atomic E-state index is -0.969. The van der Waals surface area contributed by atoms with Crippen molar-refractivity contribution in [2.45, 2.75) is 19.4 Å². The Balaban J connectivity index is 1.30. The van der Waals surface area contributed by atoms with Crippen LogP contribution in [0.15, 0.2) is 64.2 Å². The van der Waals surface area contributed by atoms with Crippen LogP contribution in [0.2, 0.25) is 0 Å². The molecule has 0 saturated carbocycles. The third-order valence-electron chi connectivity index (χ3n) is 7.61. The summed E-state index contributed by atoms with van der Waals surface area (Å²) in [6, 6.07) is 17.1. The van der Waals surface area contributed by atoms with E-state index in [1.54, 1.807) is 0 Å². The van der Waals surface area contributed by atoms with E-state index in [0.717, 1.165) is 31.5 Å². The maximum absolute atomic E-state index is 12.5. The van der Waals surface area contributed by atoms with E-state index < -0.39 is 5.97 Å². The number of rotatable bonds is 6. The van der Waals surface area contributed by atoms with Crippen LogP contribution in [0.25, 0.3) is 22.2 Å². The van der Waals surface area contributed by atoms with Crippen LogP contribution in [0, 0.1) is 0 Å². The van der Waals surface area contributed by atoms with Crippen molar-refractivity contribution in [1.82, 2.24) is 9.88 Å². The van der Waals surface area contributed by atoms with E-state index in [1.807, 2.05) is 59.5 Å².